The molecular formula is C23H26ClN3O5. The molecule has 2 aromatic rings. The number of carbonyl (C=O) groups excluding carboxylic acids is 2. The summed E-state index contributed by atoms with van der Waals surface area (Å²) in [5.74, 6) is 0.261. The Kier molecular flexibility index (Phi) is 5.79. The number of carbonyl (C=O) groups is 2. The normalized spacial score (nSPS) is 24.8. The molecule has 0 bridgehead atoms. The van der Waals surface area contributed by atoms with E-state index in [1.165, 1.54) is 19.1 Å². The van der Waals surface area contributed by atoms with Gasteiger partial charge in [0.25, 0.3) is 5.91 Å². The lowest BCUT2D eigenvalue weighted by Crippen LogP contribution is -2.57. The average molecular weight is 460 g/mol. The number of aliphatic hydroxyl groups is 1. The molecule has 0 spiro atoms. The number of ether oxygens (including phenoxy) is 2. The second-order valence-electron chi connectivity index (χ2n) is 8.19. The number of hydrogen-bond donors (Lipinski definition) is 2. The quantitative estimate of drug-likeness (QED) is 0.711. The van der Waals surface area contributed by atoms with Crippen LogP contribution in [0.15, 0.2) is 36.4 Å². The summed E-state index contributed by atoms with van der Waals surface area (Å²) in [5.41, 5.74) is 0.214. The van der Waals surface area contributed by atoms with E-state index >= 15 is 0 Å². The van der Waals surface area contributed by atoms with Crippen LogP contribution in [-0.2, 0) is 15.1 Å². The molecule has 2 aliphatic heterocycles. The van der Waals surface area contributed by atoms with Gasteiger partial charge in [-0.3, -0.25) is 14.5 Å². The van der Waals surface area contributed by atoms with Crippen molar-refractivity contribution in [1.29, 1.82) is 0 Å². The summed E-state index contributed by atoms with van der Waals surface area (Å²) in [5, 5.41) is 14.0. The van der Waals surface area contributed by atoms with Crippen molar-refractivity contribution in [2.75, 3.05) is 40.2 Å². The number of β-amino-alcohol motifs (C(OH)–C–C–N with tert-alkyl or cyclic N) is 1. The molecule has 0 aliphatic carbocycles. The summed E-state index contributed by atoms with van der Waals surface area (Å²) in [7, 11) is 6.33. The number of likely N-dealkylation sites (tertiary alicyclic amines) is 1. The van der Waals surface area contributed by atoms with Crippen LogP contribution in [0.4, 0.5) is 5.69 Å². The highest BCUT2D eigenvalue weighted by atomic mass is 35.5. The Labute approximate surface area is 191 Å². The third kappa shape index (κ3) is 3.21. The third-order valence-corrected chi connectivity index (χ3v) is 6.41. The molecule has 0 saturated carbocycles. The molecule has 2 amide bonds. The van der Waals surface area contributed by atoms with Gasteiger partial charge in [-0.1, -0.05) is 23.7 Å². The Morgan fingerprint density at radius 2 is 1.97 bits per heavy atom. The highest BCUT2D eigenvalue weighted by Gasteiger charge is 2.59. The number of para-hydroxylation sites is 1. The van der Waals surface area contributed by atoms with Gasteiger partial charge in [-0.25, -0.2) is 0 Å². The summed E-state index contributed by atoms with van der Waals surface area (Å²) >= 11 is 6.36. The zero-order valence-corrected chi connectivity index (χ0v) is 19.1. The summed E-state index contributed by atoms with van der Waals surface area (Å²) in [6.07, 6.45) is -0.581. The minimum Gasteiger partial charge on any atom is -0.493 e. The topological polar surface area (TPSA) is 91.3 Å². The number of halogens is 1. The third-order valence-electron chi connectivity index (χ3n) is 6.18. The van der Waals surface area contributed by atoms with Gasteiger partial charge in [-0.2, -0.15) is 0 Å². The molecule has 8 nitrogen and oxygen atoms in total. The van der Waals surface area contributed by atoms with Gasteiger partial charge in [-0.05, 0) is 30.7 Å². The molecule has 1 fully saturated rings. The molecule has 3 atom stereocenters. The highest BCUT2D eigenvalue weighted by molar-refractivity contribution is 6.31. The Hall–Kier alpha value is -2.81. The SMILES string of the molecule is COc1cccc(C2(N3C[C@H](O)C[C@H]3C(=O)N(C)C)C(=O)Nc3ccc(Cl)cc32)c1OC. The highest BCUT2D eigenvalue weighted by Crippen LogP contribution is 2.52. The zero-order valence-electron chi connectivity index (χ0n) is 18.4. The fourth-order valence-corrected chi connectivity index (χ4v) is 5.03. The molecule has 170 valence electrons. The number of amides is 2. The van der Waals surface area contributed by atoms with Crippen LogP contribution in [0.1, 0.15) is 17.5 Å². The second-order valence-corrected chi connectivity index (χ2v) is 8.62. The molecule has 2 aliphatic rings. The number of aliphatic hydroxyl groups excluding tert-OH is 1. The van der Waals surface area contributed by atoms with E-state index in [0.717, 1.165) is 0 Å². The zero-order chi connectivity index (χ0) is 23.2. The maximum absolute atomic E-state index is 13.9. The number of likely N-dealkylation sites (N-methyl/N-ethyl adjacent to an activating group) is 1. The van der Waals surface area contributed by atoms with Crippen LogP contribution < -0.4 is 14.8 Å². The van der Waals surface area contributed by atoms with E-state index in [2.05, 4.69) is 5.32 Å². The van der Waals surface area contributed by atoms with E-state index < -0.39 is 17.7 Å². The summed E-state index contributed by atoms with van der Waals surface area (Å²) in [4.78, 5) is 30.2. The number of benzene rings is 2. The summed E-state index contributed by atoms with van der Waals surface area (Å²) < 4.78 is 11.2. The first-order valence-corrected chi connectivity index (χ1v) is 10.6. The van der Waals surface area contributed by atoms with E-state index in [4.69, 9.17) is 21.1 Å². The van der Waals surface area contributed by atoms with Crippen LogP contribution in [0.3, 0.4) is 0 Å². The molecule has 2 N–H and O–H groups in total. The molecule has 1 saturated heterocycles. The van der Waals surface area contributed by atoms with Gasteiger partial charge in [0.1, 0.15) is 0 Å². The number of anilines is 1. The van der Waals surface area contributed by atoms with E-state index in [0.29, 0.717) is 33.3 Å². The van der Waals surface area contributed by atoms with Crippen molar-refractivity contribution in [1.82, 2.24) is 9.80 Å². The lowest BCUT2D eigenvalue weighted by atomic mass is 9.80. The average Bonchev–Trinajstić information content (AvgIpc) is 3.29. The van der Waals surface area contributed by atoms with Gasteiger partial charge >= 0.3 is 0 Å². The second kappa shape index (κ2) is 8.27. The van der Waals surface area contributed by atoms with E-state index in [9.17, 15) is 14.7 Å². The molecule has 0 radical (unpaired) electrons. The molecule has 0 aromatic heterocycles. The smallest absolute Gasteiger partial charge is 0.254 e. The Bertz CT molecular complexity index is 1080. The summed E-state index contributed by atoms with van der Waals surface area (Å²) in [6, 6.07) is 9.70. The van der Waals surface area contributed by atoms with E-state index in [1.54, 1.807) is 55.4 Å². The minimum absolute atomic E-state index is 0.115. The molecule has 2 aromatic carbocycles. The maximum Gasteiger partial charge on any atom is 0.254 e. The first-order valence-electron chi connectivity index (χ1n) is 10.2. The molecule has 1 unspecified atom stereocenters. The van der Waals surface area contributed by atoms with Crippen molar-refractivity contribution in [2.45, 2.75) is 24.1 Å². The van der Waals surface area contributed by atoms with Crippen molar-refractivity contribution >= 4 is 29.1 Å². The van der Waals surface area contributed by atoms with Gasteiger partial charge < -0.3 is 24.8 Å². The van der Waals surface area contributed by atoms with Crippen molar-refractivity contribution in [3.63, 3.8) is 0 Å². The van der Waals surface area contributed by atoms with E-state index in [-0.39, 0.29) is 24.8 Å². The Morgan fingerprint density at radius 3 is 2.62 bits per heavy atom. The Balaban J connectivity index is 2.06. The van der Waals surface area contributed by atoms with Crippen molar-refractivity contribution in [2.24, 2.45) is 0 Å². The number of nitrogens with one attached hydrogen (secondary N) is 1. The van der Waals surface area contributed by atoms with Gasteiger partial charge in [0, 0.05) is 42.5 Å². The number of nitrogens with zero attached hydrogens (tertiary/aromatic N) is 2. The molecule has 2 heterocycles. The molecular weight excluding hydrogens is 434 g/mol. The first kappa shape index (κ1) is 22.4. The number of hydrogen-bond acceptors (Lipinski definition) is 6. The van der Waals surface area contributed by atoms with Gasteiger partial charge in [0.05, 0.1) is 26.4 Å². The molecule has 9 heteroatoms. The minimum atomic E-state index is -1.46. The van der Waals surface area contributed by atoms with Crippen LogP contribution >= 0.6 is 11.6 Å². The molecule has 32 heavy (non-hydrogen) atoms. The van der Waals surface area contributed by atoms with Crippen molar-refractivity contribution < 1.29 is 24.2 Å². The maximum atomic E-state index is 13.9. The van der Waals surface area contributed by atoms with Gasteiger partial charge in [-0.15, -0.1) is 0 Å². The predicted molar refractivity (Wildman–Crippen MR) is 120 cm³/mol. The van der Waals surface area contributed by atoms with Crippen LogP contribution in [0, 0.1) is 0 Å². The standard InChI is InChI=1S/C23H26ClN3O5/c1-26(2)21(29)18-11-14(28)12-27(18)23(15-6-5-7-19(31-3)20(15)32-4)16-10-13(24)8-9-17(16)25-22(23)30/h5-10,14,18,28H,11-12H2,1-4H3,(H,25,30)/t14-,18+,23?/m1/s1. The predicted octanol–water partition coefficient (Wildman–Crippen LogP) is 2.08. The van der Waals surface area contributed by atoms with Crippen LogP contribution in [0.25, 0.3) is 0 Å². The fraction of sp³-hybridized carbons (Fsp3) is 0.391. The fourth-order valence-electron chi connectivity index (χ4n) is 4.86. The van der Waals surface area contributed by atoms with Gasteiger partial charge in [0.2, 0.25) is 5.91 Å². The Morgan fingerprint density at radius 1 is 1.22 bits per heavy atom. The van der Waals surface area contributed by atoms with Gasteiger partial charge in [0.15, 0.2) is 17.0 Å². The van der Waals surface area contributed by atoms with Crippen LogP contribution in [0.5, 0.6) is 11.5 Å². The van der Waals surface area contributed by atoms with Crippen LogP contribution in [-0.4, -0.2) is 73.7 Å². The number of rotatable bonds is 5. The largest absolute Gasteiger partial charge is 0.493 e. The number of methoxy groups -OCH3 is 2. The van der Waals surface area contributed by atoms with Crippen molar-refractivity contribution in [3.8, 4) is 11.5 Å². The lowest BCUT2D eigenvalue weighted by molar-refractivity contribution is -0.138. The first-order chi connectivity index (χ1) is 15.2. The van der Waals surface area contributed by atoms with Crippen molar-refractivity contribution in [3.05, 3.63) is 52.5 Å². The summed E-state index contributed by atoms with van der Waals surface area (Å²) in [6.45, 7) is 0.115. The number of fused-ring (bicyclic) bond motifs is 1. The lowest BCUT2D eigenvalue weighted by Gasteiger charge is -2.41. The molecule has 4 rings (SSSR count). The monoisotopic (exact) mass is 459 g/mol. The van der Waals surface area contributed by atoms with Crippen LogP contribution in [0.2, 0.25) is 5.02 Å². The van der Waals surface area contributed by atoms with E-state index in [1.807, 2.05) is 0 Å².